The van der Waals surface area contributed by atoms with Crippen molar-refractivity contribution in [2.75, 3.05) is 11.9 Å². The van der Waals surface area contributed by atoms with Crippen molar-refractivity contribution in [2.45, 2.75) is 19.8 Å². The van der Waals surface area contributed by atoms with Crippen LogP contribution >= 0.6 is 11.3 Å². The number of halogens is 1. The number of rotatable bonds is 6. The average Bonchev–Trinajstić information content (AvgIpc) is 2.99. The number of nitrogens with zero attached hydrogens (tertiary/aromatic N) is 3. The van der Waals surface area contributed by atoms with E-state index in [9.17, 15) is 4.39 Å². The van der Waals surface area contributed by atoms with Crippen molar-refractivity contribution >= 4 is 16.5 Å². The molecular formula is C17H17FN4S. The number of aryl methyl sites for hydroxylation is 1. The maximum atomic E-state index is 13.6. The van der Waals surface area contributed by atoms with E-state index in [2.05, 4.69) is 27.4 Å². The Morgan fingerprint density at radius 2 is 2.00 bits per heavy atom. The second-order valence-electron chi connectivity index (χ2n) is 5.25. The summed E-state index contributed by atoms with van der Waals surface area (Å²) in [5.41, 5.74) is 3.10. The van der Waals surface area contributed by atoms with Crippen LogP contribution in [-0.4, -0.2) is 21.7 Å². The molecule has 0 amide bonds. The highest BCUT2D eigenvalue weighted by Crippen LogP contribution is 2.20. The topological polar surface area (TPSA) is 50.7 Å². The molecule has 3 rings (SSSR count). The van der Waals surface area contributed by atoms with Gasteiger partial charge in [-0.15, -0.1) is 10.2 Å². The molecule has 0 aliphatic heterocycles. The molecule has 0 saturated heterocycles. The van der Waals surface area contributed by atoms with Gasteiger partial charge in [0.1, 0.15) is 10.8 Å². The Hall–Kier alpha value is -2.34. The monoisotopic (exact) mass is 328 g/mol. The SMILES string of the molecule is Cc1cnccc1CCNc1nnc(Cc2ccccc2F)s1. The lowest BCUT2D eigenvalue weighted by Crippen LogP contribution is -2.05. The molecule has 0 spiro atoms. The third-order valence-electron chi connectivity index (χ3n) is 3.57. The van der Waals surface area contributed by atoms with Crippen molar-refractivity contribution in [3.05, 3.63) is 70.2 Å². The second kappa shape index (κ2) is 7.28. The van der Waals surface area contributed by atoms with E-state index < -0.39 is 0 Å². The highest BCUT2D eigenvalue weighted by atomic mass is 32.1. The lowest BCUT2D eigenvalue weighted by atomic mass is 10.1. The van der Waals surface area contributed by atoms with Crippen LogP contribution in [0.25, 0.3) is 0 Å². The fourth-order valence-electron chi connectivity index (χ4n) is 2.29. The molecule has 0 fully saturated rings. The van der Waals surface area contributed by atoms with Crippen LogP contribution in [0, 0.1) is 12.7 Å². The van der Waals surface area contributed by atoms with Crippen LogP contribution < -0.4 is 5.32 Å². The molecular weight excluding hydrogens is 311 g/mol. The van der Waals surface area contributed by atoms with E-state index in [0.717, 1.165) is 23.1 Å². The minimum atomic E-state index is -0.203. The van der Waals surface area contributed by atoms with Gasteiger partial charge in [0.05, 0.1) is 0 Å². The second-order valence-corrected chi connectivity index (χ2v) is 6.31. The summed E-state index contributed by atoms with van der Waals surface area (Å²) in [6.07, 6.45) is 5.04. The molecule has 0 unspecified atom stereocenters. The standard InChI is InChI=1S/C17H17FN4S/c1-12-11-19-8-6-13(12)7-9-20-17-22-21-16(23-17)10-14-4-2-3-5-15(14)18/h2-6,8,11H,7,9-10H2,1H3,(H,20,22). The van der Waals surface area contributed by atoms with Crippen molar-refractivity contribution in [3.63, 3.8) is 0 Å². The summed E-state index contributed by atoms with van der Waals surface area (Å²) in [5, 5.41) is 13.1. The van der Waals surface area contributed by atoms with Crippen molar-refractivity contribution in [2.24, 2.45) is 0 Å². The van der Waals surface area contributed by atoms with Gasteiger partial charge in [0.2, 0.25) is 5.13 Å². The van der Waals surface area contributed by atoms with Gasteiger partial charge in [0, 0.05) is 25.4 Å². The zero-order chi connectivity index (χ0) is 16.1. The first-order chi connectivity index (χ1) is 11.2. The highest BCUT2D eigenvalue weighted by molar-refractivity contribution is 7.15. The van der Waals surface area contributed by atoms with Crippen LogP contribution in [0.3, 0.4) is 0 Å². The van der Waals surface area contributed by atoms with Crippen LogP contribution in [0.5, 0.6) is 0 Å². The molecule has 1 aromatic carbocycles. The van der Waals surface area contributed by atoms with Gasteiger partial charge in [0.25, 0.3) is 0 Å². The zero-order valence-electron chi connectivity index (χ0n) is 12.8. The summed E-state index contributed by atoms with van der Waals surface area (Å²) in [4.78, 5) is 4.09. The zero-order valence-corrected chi connectivity index (χ0v) is 13.6. The Morgan fingerprint density at radius 1 is 1.13 bits per heavy atom. The first kappa shape index (κ1) is 15.6. The summed E-state index contributed by atoms with van der Waals surface area (Å²) >= 11 is 1.46. The summed E-state index contributed by atoms with van der Waals surface area (Å²) < 4.78 is 13.6. The fraction of sp³-hybridized carbons (Fsp3) is 0.235. The van der Waals surface area contributed by atoms with Crippen molar-refractivity contribution in [1.29, 1.82) is 0 Å². The molecule has 0 aliphatic rings. The van der Waals surface area contributed by atoms with Crippen LogP contribution in [0.15, 0.2) is 42.7 Å². The smallest absolute Gasteiger partial charge is 0.205 e. The molecule has 2 heterocycles. The van der Waals surface area contributed by atoms with Crippen molar-refractivity contribution < 1.29 is 4.39 Å². The third-order valence-corrected chi connectivity index (χ3v) is 4.45. The predicted octanol–water partition coefficient (Wildman–Crippen LogP) is 3.63. The van der Waals surface area contributed by atoms with Crippen molar-refractivity contribution in [1.82, 2.24) is 15.2 Å². The molecule has 0 radical (unpaired) electrons. The van der Waals surface area contributed by atoms with Crippen LogP contribution in [-0.2, 0) is 12.8 Å². The summed E-state index contributed by atoms with van der Waals surface area (Å²) in [7, 11) is 0. The summed E-state index contributed by atoms with van der Waals surface area (Å²) in [6, 6.07) is 8.78. The molecule has 0 atom stereocenters. The molecule has 4 nitrogen and oxygen atoms in total. The van der Waals surface area contributed by atoms with Gasteiger partial charge in [-0.05, 0) is 42.2 Å². The van der Waals surface area contributed by atoms with Crippen LogP contribution in [0.4, 0.5) is 9.52 Å². The molecule has 23 heavy (non-hydrogen) atoms. The van der Waals surface area contributed by atoms with E-state index in [-0.39, 0.29) is 5.82 Å². The van der Waals surface area contributed by atoms with Crippen LogP contribution in [0.1, 0.15) is 21.7 Å². The lowest BCUT2D eigenvalue weighted by Gasteiger charge is -2.05. The quantitative estimate of drug-likeness (QED) is 0.751. The van der Waals surface area contributed by atoms with Gasteiger partial charge in [-0.1, -0.05) is 29.5 Å². The first-order valence-electron chi connectivity index (χ1n) is 7.41. The van der Waals surface area contributed by atoms with E-state index in [1.165, 1.54) is 28.5 Å². The lowest BCUT2D eigenvalue weighted by molar-refractivity contribution is 0.613. The van der Waals surface area contributed by atoms with Crippen LogP contribution in [0.2, 0.25) is 0 Å². The maximum absolute atomic E-state index is 13.6. The molecule has 3 aromatic rings. The highest BCUT2D eigenvalue weighted by Gasteiger charge is 2.08. The minimum Gasteiger partial charge on any atom is -0.360 e. The van der Waals surface area contributed by atoms with E-state index in [1.807, 2.05) is 18.3 Å². The number of hydrogen-bond donors (Lipinski definition) is 1. The molecule has 0 saturated carbocycles. The van der Waals surface area contributed by atoms with E-state index in [1.54, 1.807) is 18.3 Å². The average molecular weight is 328 g/mol. The molecule has 2 aromatic heterocycles. The van der Waals surface area contributed by atoms with E-state index in [0.29, 0.717) is 12.0 Å². The summed E-state index contributed by atoms with van der Waals surface area (Å²) in [5.74, 6) is -0.203. The Kier molecular flexibility index (Phi) is 4.92. The molecule has 118 valence electrons. The molecule has 1 N–H and O–H groups in total. The number of hydrogen-bond acceptors (Lipinski definition) is 5. The minimum absolute atomic E-state index is 0.203. The normalized spacial score (nSPS) is 10.7. The first-order valence-corrected chi connectivity index (χ1v) is 8.23. The van der Waals surface area contributed by atoms with Gasteiger partial charge in [-0.2, -0.15) is 0 Å². The van der Waals surface area contributed by atoms with Gasteiger partial charge in [-0.3, -0.25) is 4.98 Å². The maximum Gasteiger partial charge on any atom is 0.205 e. The number of benzene rings is 1. The van der Waals surface area contributed by atoms with Gasteiger partial charge in [-0.25, -0.2) is 4.39 Å². The van der Waals surface area contributed by atoms with Gasteiger partial charge in [0.15, 0.2) is 0 Å². The predicted molar refractivity (Wildman–Crippen MR) is 90.3 cm³/mol. The van der Waals surface area contributed by atoms with Crippen molar-refractivity contribution in [3.8, 4) is 0 Å². The Morgan fingerprint density at radius 3 is 2.83 bits per heavy atom. The fourth-order valence-corrected chi connectivity index (χ4v) is 3.08. The summed E-state index contributed by atoms with van der Waals surface area (Å²) in [6.45, 7) is 2.83. The number of aromatic nitrogens is 3. The van der Waals surface area contributed by atoms with E-state index in [4.69, 9.17) is 0 Å². The number of nitrogens with one attached hydrogen (secondary N) is 1. The number of pyridine rings is 1. The number of anilines is 1. The third kappa shape index (κ3) is 4.10. The van der Waals surface area contributed by atoms with E-state index >= 15 is 0 Å². The Bertz CT molecular complexity index is 788. The van der Waals surface area contributed by atoms with Gasteiger partial charge >= 0.3 is 0 Å². The largest absolute Gasteiger partial charge is 0.360 e. The Labute approximate surface area is 138 Å². The Balaban J connectivity index is 1.55. The van der Waals surface area contributed by atoms with Gasteiger partial charge < -0.3 is 5.32 Å². The molecule has 6 heteroatoms. The molecule has 0 bridgehead atoms. The molecule has 0 aliphatic carbocycles.